The highest BCUT2D eigenvalue weighted by molar-refractivity contribution is 9.10. The van der Waals surface area contributed by atoms with Crippen LogP contribution in [0.25, 0.3) is 0 Å². The van der Waals surface area contributed by atoms with Crippen LogP contribution in [0.1, 0.15) is 42.6 Å². The Labute approximate surface area is 131 Å². The molecule has 1 N–H and O–H groups in total. The molecule has 0 aliphatic rings. The minimum Gasteiger partial charge on any atom is -0.487 e. The van der Waals surface area contributed by atoms with Gasteiger partial charge in [-0.1, -0.05) is 28.9 Å². The summed E-state index contributed by atoms with van der Waals surface area (Å²) < 4.78 is 6.74. The zero-order chi connectivity index (χ0) is 14.5. The minimum atomic E-state index is -0.552. The van der Waals surface area contributed by atoms with Gasteiger partial charge in [-0.2, -0.15) is 0 Å². The van der Waals surface area contributed by atoms with Gasteiger partial charge in [-0.05, 0) is 31.9 Å². The van der Waals surface area contributed by atoms with Gasteiger partial charge in [0.1, 0.15) is 12.4 Å². The van der Waals surface area contributed by atoms with Crippen molar-refractivity contribution in [2.45, 2.75) is 39.4 Å². The Morgan fingerprint density at radius 3 is 2.95 bits per heavy atom. The summed E-state index contributed by atoms with van der Waals surface area (Å²) in [5, 5.41) is 12.9. The number of benzene rings is 1. The first-order valence-corrected chi connectivity index (χ1v) is 8.31. The Kier molecular flexibility index (Phi) is 5.57. The fraction of sp³-hybridized carbons (Fsp3) is 0.400. The fourth-order valence-corrected chi connectivity index (χ4v) is 3.10. The van der Waals surface area contributed by atoms with E-state index in [0.29, 0.717) is 12.4 Å². The summed E-state index contributed by atoms with van der Waals surface area (Å²) in [6.45, 7) is 4.31. The van der Waals surface area contributed by atoms with Gasteiger partial charge in [-0.25, -0.2) is 4.98 Å². The third-order valence-corrected chi connectivity index (χ3v) is 4.32. The molecule has 3 nitrogen and oxygen atoms in total. The summed E-state index contributed by atoms with van der Waals surface area (Å²) in [6.07, 6.45) is 1.57. The van der Waals surface area contributed by atoms with Crippen LogP contribution in [0.4, 0.5) is 0 Å². The lowest BCUT2D eigenvalue weighted by Gasteiger charge is -2.13. The van der Waals surface area contributed by atoms with E-state index in [1.165, 1.54) is 0 Å². The molecule has 0 radical (unpaired) electrons. The third-order valence-electron chi connectivity index (χ3n) is 2.86. The van der Waals surface area contributed by atoms with Gasteiger partial charge >= 0.3 is 0 Å². The molecule has 2 rings (SSSR count). The second-order valence-corrected chi connectivity index (χ2v) is 6.49. The number of aliphatic hydroxyl groups is 1. The number of ether oxygens (including phenoxy) is 1. The first-order chi connectivity index (χ1) is 9.60. The topological polar surface area (TPSA) is 42.4 Å². The van der Waals surface area contributed by atoms with Crippen molar-refractivity contribution in [2.75, 3.05) is 0 Å². The highest BCUT2D eigenvalue weighted by Gasteiger charge is 2.11. The number of aryl methyl sites for hydroxylation is 1. The molecule has 1 aromatic carbocycles. The SMILES string of the molecule is CCCc1nc(COc2cc(Br)ccc2C(C)O)cs1. The molecule has 0 aliphatic heterocycles. The van der Waals surface area contributed by atoms with Crippen LogP contribution in [0, 0.1) is 0 Å². The molecule has 108 valence electrons. The normalized spacial score (nSPS) is 12.4. The molecule has 0 amide bonds. The van der Waals surface area contributed by atoms with Crippen LogP contribution in [0.2, 0.25) is 0 Å². The molecule has 1 unspecified atom stereocenters. The van der Waals surface area contributed by atoms with Gasteiger partial charge in [0.05, 0.1) is 16.8 Å². The van der Waals surface area contributed by atoms with Crippen LogP contribution >= 0.6 is 27.3 Å². The van der Waals surface area contributed by atoms with Crippen LogP contribution in [0.5, 0.6) is 5.75 Å². The monoisotopic (exact) mass is 355 g/mol. The van der Waals surface area contributed by atoms with Crippen LogP contribution in [-0.2, 0) is 13.0 Å². The second-order valence-electron chi connectivity index (χ2n) is 4.63. The highest BCUT2D eigenvalue weighted by atomic mass is 79.9. The predicted octanol–water partition coefficient (Wildman–Crippen LogP) is 4.49. The number of thiazole rings is 1. The summed E-state index contributed by atoms with van der Waals surface area (Å²) in [5.74, 6) is 0.694. The van der Waals surface area contributed by atoms with E-state index < -0.39 is 6.10 Å². The first-order valence-electron chi connectivity index (χ1n) is 6.63. The maximum absolute atomic E-state index is 9.76. The summed E-state index contributed by atoms with van der Waals surface area (Å²) in [4.78, 5) is 4.53. The molecule has 1 atom stereocenters. The molecular formula is C15H18BrNO2S. The van der Waals surface area contributed by atoms with Gasteiger partial charge in [0.25, 0.3) is 0 Å². The second kappa shape index (κ2) is 7.20. The van der Waals surface area contributed by atoms with Crippen molar-refractivity contribution in [3.8, 4) is 5.75 Å². The molecule has 5 heteroatoms. The number of rotatable bonds is 6. The number of aliphatic hydroxyl groups excluding tert-OH is 1. The van der Waals surface area contributed by atoms with Gasteiger partial charge in [-0.15, -0.1) is 11.3 Å². The number of hydrogen-bond donors (Lipinski definition) is 1. The first kappa shape index (κ1) is 15.5. The Balaban J connectivity index is 2.07. The summed E-state index contributed by atoms with van der Waals surface area (Å²) in [7, 11) is 0. The standard InChI is InChI=1S/C15H18BrNO2S/c1-3-4-15-17-12(9-20-15)8-19-14-7-11(16)5-6-13(14)10(2)18/h5-7,9-10,18H,3-4,8H2,1-2H3. The Morgan fingerprint density at radius 2 is 2.25 bits per heavy atom. The molecule has 0 fully saturated rings. The number of halogens is 1. The maximum atomic E-state index is 9.76. The van der Waals surface area contributed by atoms with Gasteiger partial charge in [-0.3, -0.25) is 0 Å². The Bertz CT molecular complexity index is 569. The van der Waals surface area contributed by atoms with Gasteiger partial charge < -0.3 is 9.84 Å². The smallest absolute Gasteiger partial charge is 0.131 e. The molecular weight excluding hydrogens is 338 g/mol. The van der Waals surface area contributed by atoms with Crippen molar-refractivity contribution in [1.29, 1.82) is 0 Å². The average Bonchev–Trinajstić information content (AvgIpc) is 2.84. The van der Waals surface area contributed by atoms with Crippen LogP contribution in [0.3, 0.4) is 0 Å². The predicted molar refractivity (Wildman–Crippen MR) is 85.2 cm³/mol. The van der Waals surface area contributed by atoms with E-state index in [1.54, 1.807) is 18.3 Å². The number of hydrogen-bond acceptors (Lipinski definition) is 4. The molecule has 0 saturated carbocycles. The van der Waals surface area contributed by atoms with Gasteiger partial charge in [0.15, 0.2) is 0 Å². The summed E-state index contributed by atoms with van der Waals surface area (Å²) >= 11 is 5.09. The Hall–Kier alpha value is -0.910. The van der Waals surface area contributed by atoms with E-state index in [-0.39, 0.29) is 0 Å². The molecule has 2 aromatic rings. The van der Waals surface area contributed by atoms with Crippen molar-refractivity contribution < 1.29 is 9.84 Å². The lowest BCUT2D eigenvalue weighted by molar-refractivity contribution is 0.190. The average molecular weight is 356 g/mol. The van der Waals surface area contributed by atoms with E-state index in [0.717, 1.165) is 33.6 Å². The number of aromatic nitrogens is 1. The van der Waals surface area contributed by atoms with Crippen LogP contribution in [-0.4, -0.2) is 10.1 Å². The third kappa shape index (κ3) is 4.04. The van der Waals surface area contributed by atoms with Gasteiger partial charge in [0.2, 0.25) is 0 Å². The lowest BCUT2D eigenvalue weighted by atomic mass is 10.1. The molecule has 0 aliphatic carbocycles. The zero-order valence-electron chi connectivity index (χ0n) is 11.6. The molecule has 0 saturated heterocycles. The van der Waals surface area contributed by atoms with E-state index in [9.17, 15) is 5.11 Å². The van der Waals surface area contributed by atoms with Crippen LogP contribution in [0.15, 0.2) is 28.1 Å². The molecule has 0 bridgehead atoms. The lowest BCUT2D eigenvalue weighted by Crippen LogP contribution is -2.01. The van der Waals surface area contributed by atoms with Gasteiger partial charge in [0, 0.05) is 15.4 Å². The van der Waals surface area contributed by atoms with Crippen molar-refractivity contribution >= 4 is 27.3 Å². The maximum Gasteiger partial charge on any atom is 0.131 e. The summed E-state index contributed by atoms with van der Waals surface area (Å²) in [5.41, 5.74) is 1.73. The highest BCUT2D eigenvalue weighted by Crippen LogP contribution is 2.29. The fourth-order valence-electron chi connectivity index (χ4n) is 1.87. The van der Waals surface area contributed by atoms with E-state index in [2.05, 4.69) is 27.8 Å². The molecule has 1 aromatic heterocycles. The van der Waals surface area contributed by atoms with Crippen molar-refractivity contribution in [3.63, 3.8) is 0 Å². The van der Waals surface area contributed by atoms with Crippen LogP contribution < -0.4 is 4.74 Å². The minimum absolute atomic E-state index is 0.427. The molecule has 20 heavy (non-hydrogen) atoms. The van der Waals surface area contributed by atoms with Crippen molar-refractivity contribution in [3.05, 3.63) is 44.3 Å². The molecule has 1 heterocycles. The van der Waals surface area contributed by atoms with Crippen molar-refractivity contribution in [2.24, 2.45) is 0 Å². The summed E-state index contributed by atoms with van der Waals surface area (Å²) in [6, 6.07) is 5.64. The largest absolute Gasteiger partial charge is 0.487 e. The molecule has 0 spiro atoms. The van der Waals surface area contributed by atoms with E-state index in [1.807, 2.05) is 23.6 Å². The van der Waals surface area contributed by atoms with E-state index >= 15 is 0 Å². The number of nitrogens with zero attached hydrogens (tertiary/aromatic N) is 1. The van der Waals surface area contributed by atoms with Crippen molar-refractivity contribution in [1.82, 2.24) is 4.98 Å². The van der Waals surface area contributed by atoms with E-state index in [4.69, 9.17) is 4.74 Å². The quantitative estimate of drug-likeness (QED) is 0.829. The Morgan fingerprint density at radius 1 is 1.45 bits per heavy atom. The zero-order valence-corrected chi connectivity index (χ0v) is 14.0.